The molecule has 5 heteroatoms. The maximum absolute atomic E-state index is 10.4. The van der Waals surface area contributed by atoms with Crippen molar-refractivity contribution in [1.82, 2.24) is 10.2 Å². The highest BCUT2D eigenvalue weighted by molar-refractivity contribution is 5.76. The van der Waals surface area contributed by atoms with Crippen molar-refractivity contribution >= 4 is 12.4 Å². The third kappa shape index (κ3) is 4.32. The van der Waals surface area contributed by atoms with Crippen LogP contribution in [-0.4, -0.2) is 49.1 Å². The van der Waals surface area contributed by atoms with Gasteiger partial charge in [0.25, 0.3) is 0 Å². The van der Waals surface area contributed by atoms with Crippen LogP contribution in [0.1, 0.15) is 0 Å². The molecule has 0 fully saturated rings. The van der Waals surface area contributed by atoms with E-state index in [9.17, 15) is 9.59 Å². The van der Waals surface area contributed by atoms with E-state index in [1.54, 1.807) is 19.0 Å². The number of nitrogens with one attached hydrogen (secondary N) is 1. The highest BCUT2D eigenvalue weighted by Crippen LogP contribution is 1.85. The number of aliphatic carboxylic acids is 1. The van der Waals surface area contributed by atoms with Crippen molar-refractivity contribution in [3.05, 3.63) is 0 Å². The van der Waals surface area contributed by atoms with Crippen LogP contribution in [0.25, 0.3) is 0 Å². The van der Waals surface area contributed by atoms with E-state index >= 15 is 0 Å². The smallest absolute Gasteiger partial charge is 0.327 e. The van der Waals surface area contributed by atoms with Gasteiger partial charge in [0.05, 0.1) is 0 Å². The Morgan fingerprint density at radius 1 is 1.73 bits per heavy atom. The molecular weight excluding hydrogens is 148 g/mol. The molecule has 0 aromatic rings. The maximum Gasteiger partial charge on any atom is 0.327 e. The van der Waals surface area contributed by atoms with Gasteiger partial charge in [-0.05, 0) is 14.1 Å². The second-order valence-electron chi connectivity index (χ2n) is 2.44. The van der Waals surface area contributed by atoms with Gasteiger partial charge in [0.15, 0.2) is 0 Å². The number of carboxylic acid groups (broad SMARTS) is 1. The molecule has 1 amide bonds. The fourth-order valence-electron chi connectivity index (χ4n) is 0.649. The first kappa shape index (κ1) is 9.90. The maximum atomic E-state index is 10.4. The van der Waals surface area contributed by atoms with E-state index in [0.29, 0.717) is 13.0 Å². The average Bonchev–Trinajstić information content (AvgIpc) is 1.86. The van der Waals surface area contributed by atoms with Crippen molar-refractivity contribution in [2.45, 2.75) is 6.04 Å². The lowest BCUT2D eigenvalue weighted by molar-refractivity contribution is -0.140. The van der Waals surface area contributed by atoms with Crippen LogP contribution in [0.15, 0.2) is 0 Å². The van der Waals surface area contributed by atoms with Crippen LogP contribution in [0.2, 0.25) is 0 Å². The van der Waals surface area contributed by atoms with Gasteiger partial charge in [-0.3, -0.25) is 4.79 Å². The molecule has 5 nitrogen and oxygen atoms in total. The van der Waals surface area contributed by atoms with Gasteiger partial charge < -0.3 is 15.3 Å². The van der Waals surface area contributed by atoms with Crippen LogP contribution in [0, 0.1) is 0 Å². The van der Waals surface area contributed by atoms with Crippen LogP contribution >= 0.6 is 0 Å². The van der Waals surface area contributed by atoms with Gasteiger partial charge in [0, 0.05) is 6.54 Å². The Morgan fingerprint density at radius 2 is 2.27 bits per heavy atom. The SMILES string of the molecule is CN(C)CC(NC=O)C(=O)O. The van der Waals surface area contributed by atoms with Crippen molar-refractivity contribution in [3.8, 4) is 0 Å². The molecule has 1 atom stereocenters. The molecule has 0 heterocycles. The number of nitrogens with zero attached hydrogens (tertiary/aromatic N) is 1. The van der Waals surface area contributed by atoms with Gasteiger partial charge in [0.1, 0.15) is 6.04 Å². The molecule has 0 aliphatic rings. The Hall–Kier alpha value is -1.10. The minimum atomic E-state index is -1.02. The van der Waals surface area contributed by atoms with E-state index in [1.165, 1.54) is 0 Å². The third-order valence-corrected chi connectivity index (χ3v) is 1.12. The molecule has 0 saturated heterocycles. The summed E-state index contributed by atoms with van der Waals surface area (Å²) in [5, 5.41) is 10.7. The molecule has 0 bridgehead atoms. The molecule has 0 rings (SSSR count). The molecular formula is C6H12N2O3. The predicted octanol–water partition coefficient (Wildman–Crippen LogP) is -1.25. The number of hydrogen-bond donors (Lipinski definition) is 2. The number of hydrogen-bond acceptors (Lipinski definition) is 3. The molecule has 11 heavy (non-hydrogen) atoms. The summed E-state index contributed by atoms with van der Waals surface area (Å²) >= 11 is 0. The van der Waals surface area contributed by atoms with E-state index in [2.05, 4.69) is 5.32 Å². The fourth-order valence-corrected chi connectivity index (χ4v) is 0.649. The number of rotatable bonds is 5. The molecule has 0 spiro atoms. The number of carbonyl (C=O) groups excluding carboxylic acids is 1. The fraction of sp³-hybridized carbons (Fsp3) is 0.667. The largest absolute Gasteiger partial charge is 0.480 e. The Labute approximate surface area is 65.0 Å². The quantitative estimate of drug-likeness (QED) is 0.493. The lowest BCUT2D eigenvalue weighted by Gasteiger charge is -2.15. The lowest BCUT2D eigenvalue weighted by Crippen LogP contribution is -2.43. The van der Waals surface area contributed by atoms with E-state index in [4.69, 9.17) is 5.11 Å². The van der Waals surface area contributed by atoms with Crippen molar-refractivity contribution in [3.63, 3.8) is 0 Å². The number of amides is 1. The van der Waals surface area contributed by atoms with E-state index < -0.39 is 12.0 Å². The van der Waals surface area contributed by atoms with Gasteiger partial charge in [0.2, 0.25) is 6.41 Å². The molecule has 0 aromatic heterocycles. The van der Waals surface area contributed by atoms with E-state index in [-0.39, 0.29) is 0 Å². The minimum Gasteiger partial charge on any atom is -0.480 e. The van der Waals surface area contributed by atoms with Crippen molar-refractivity contribution in [2.75, 3.05) is 20.6 Å². The van der Waals surface area contributed by atoms with Crippen LogP contribution in [-0.2, 0) is 9.59 Å². The van der Waals surface area contributed by atoms with E-state index in [0.717, 1.165) is 0 Å². The van der Waals surface area contributed by atoms with Crippen LogP contribution in [0.3, 0.4) is 0 Å². The highest BCUT2D eigenvalue weighted by atomic mass is 16.4. The first-order valence-corrected chi connectivity index (χ1v) is 3.15. The van der Waals surface area contributed by atoms with Gasteiger partial charge in [-0.1, -0.05) is 0 Å². The Bertz CT molecular complexity index is 147. The monoisotopic (exact) mass is 160 g/mol. The Kier molecular flexibility index (Phi) is 4.21. The first-order valence-electron chi connectivity index (χ1n) is 3.15. The summed E-state index contributed by atoms with van der Waals surface area (Å²) in [7, 11) is 3.48. The van der Waals surface area contributed by atoms with Gasteiger partial charge in [-0.25, -0.2) is 4.79 Å². The van der Waals surface area contributed by atoms with Crippen LogP contribution in [0.4, 0.5) is 0 Å². The first-order chi connectivity index (χ1) is 5.07. The summed E-state index contributed by atoms with van der Waals surface area (Å²) in [4.78, 5) is 22.0. The average molecular weight is 160 g/mol. The molecule has 0 radical (unpaired) electrons. The normalized spacial score (nSPS) is 12.6. The van der Waals surface area contributed by atoms with Crippen molar-refractivity contribution in [2.24, 2.45) is 0 Å². The minimum absolute atomic E-state index is 0.300. The number of likely N-dealkylation sites (N-methyl/N-ethyl adjacent to an activating group) is 1. The molecule has 2 N–H and O–H groups in total. The van der Waals surface area contributed by atoms with Crippen molar-refractivity contribution in [1.29, 1.82) is 0 Å². The van der Waals surface area contributed by atoms with Gasteiger partial charge in [-0.2, -0.15) is 0 Å². The van der Waals surface area contributed by atoms with Gasteiger partial charge in [-0.15, -0.1) is 0 Å². The molecule has 0 aliphatic carbocycles. The lowest BCUT2D eigenvalue weighted by atomic mass is 10.3. The summed E-state index contributed by atoms with van der Waals surface area (Å²) in [6, 6.07) is -0.817. The summed E-state index contributed by atoms with van der Waals surface area (Å²) in [5.41, 5.74) is 0. The summed E-state index contributed by atoms with van der Waals surface area (Å²) in [6.07, 6.45) is 0.391. The number of carbonyl (C=O) groups is 2. The van der Waals surface area contributed by atoms with Crippen molar-refractivity contribution < 1.29 is 14.7 Å². The standard InChI is InChI=1S/C6H12N2O3/c1-8(2)3-5(6(10)11)7-4-9/h4-5H,3H2,1-2H3,(H,7,9)(H,10,11). The second-order valence-corrected chi connectivity index (χ2v) is 2.44. The summed E-state index contributed by atoms with van der Waals surface area (Å²) < 4.78 is 0. The molecule has 1 unspecified atom stereocenters. The molecule has 64 valence electrons. The zero-order valence-corrected chi connectivity index (χ0v) is 6.57. The zero-order valence-electron chi connectivity index (χ0n) is 6.57. The summed E-state index contributed by atoms with van der Waals surface area (Å²) in [6.45, 7) is 0.300. The zero-order chi connectivity index (χ0) is 8.85. The molecule has 0 aliphatic heterocycles. The highest BCUT2D eigenvalue weighted by Gasteiger charge is 2.16. The topological polar surface area (TPSA) is 69.6 Å². The Morgan fingerprint density at radius 3 is 2.55 bits per heavy atom. The third-order valence-electron chi connectivity index (χ3n) is 1.12. The van der Waals surface area contributed by atoms with Crippen LogP contribution in [0.5, 0.6) is 0 Å². The van der Waals surface area contributed by atoms with Gasteiger partial charge >= 0.3 is 5.97 Å². The van der Waals surface area contributed by atoms with Crippen LogP contribution < -0.4 is 5.32 Å². The van der Waals surface area contributed by atoms with E-state index in [1.807, 2.05) is 0 Å². The Balaban J connectivity index is 3.88. The second kappa shape index (κ2) is 4.68. The molecule has 0 aromatic carbocycles. The predicted molar refractivity (Wildman–Crippen MR) is 39.2 cm³/mol. The molecule has 0 saturated carbocycles. The summed E-state index contributed by atoms with van der Waals surface area (Å²) in [5.74, 6) is -1.02. The number of carboxylic acids is 1.